The van der Waals surface area contributed by atoms with E-state index >= 15 is 4.39 Å². The van der Waals surface area contributed by atoms with Gasteiger partial charge in [0.15, 0.2) is 10.7 Å². The molecule has 0 bridgehead atoms. The van der Waals surface area contributed by atoms with Crippen LogP contribution in [0.25, 0.3) is 32.4 Å². The van der Waals surface area contributed by atoms with Crippen LogP contribution in [0, 0.1) is 23.3 Å². The van der Waals surface area contributed by atoms with Crippen LogP contribution < -0.4 is 10.5 Å². The van der Waals surface area contributed by atoms with Crippen molar-refractivity contribution < 1.29 is 26.0 Å². The molecule has 0 unspecified atom stereocenters. The molecule has 8 nitrogen and oxygen atoms in total. The van der Waals surface area contributed by atoms with Crippen LogP contribution in [0.3, 0.4) is 0 Å². The van der Waals surface area contributed by atoms with Gasteiger partial charge in [0, 0.05) is 23.5 Å². The molecule has 38 heavy (non-hydrogen) atoms. The summed E-state index contributed by atoms with van der Waals surface area (Å²) >= 11 is 1.04. The van der Waals surface area contributed by atoms with Gasteiger partial charge in [-0.25, -0.2) is 40.9 Å². The molecule has 3 heterocycles. The number of nitrogens with zero attached hydrogens (tertiary/aromatic N) is 4. The lowest BCUT2D eigenvalue weighted by Gasteiger charge is -2.12. The normalized spacial score (nSPS) is 11.5. The Kier molecular flexibility index (Phi) is 6.50. The summed E-state index contributed by atoms with van der Waals surface area (Å²) in [5.41, 5.74) is 5.57. The zero-order chi connectivity index (χ0) is 27.0. The summed E-state index contributed by atoms with van der Waals surface area (Å²) < 4.78 is 85.3. The van der Waals surface area contributed by atoms with Crippen LogP contribution in [0.2, 0.25) is 0 Å². The van der Waals surface area contributed by atoms with Gasteiger partial charge in [-0.1, -0.05) is 12.1 Å². The second-order valence-electron chi connectivity index (χ2n) is 7.71. The third-order valence-electron chi connectivity index (χ3n) is 5.17. The summed E-state index contributed by atoms with van der Waals surface area (Å²) in [6.07, 6.45) is 3.76. The number of nitrogens with two attached hydrogens (primary N) is 1. The molecule has 0 radical (unpaired) electrons. The number of aromatic nitrogens is 4. The Hall–Kier alpha value is -4.43. The maximum Gasteiger partial charge on any atom is 0.267 e. The Balaban J connectivity index is 1.65. The van der Waals surface area contributed by atoms with Crippen molar-refractivity contribution in [1.82, 2.24) is 19.9 Å². The van der Waals surface area contributed by atoms with Gasteiger partial charge in [0.05, 0.1) is 28.1 Å². The summed E-state index contributed by atoms with van der Waals surface area (Å²) in [5.74, 6) is -4.44. The molecule has 3 N–H and O–H groups in total. The van der Waals surface area contributed by atoms with Gasteiger partial charge in [-0.3, -0.25) is 9.71 Å². The highest BCUT2D eigenvalue weighted by molar-refractivity contribution is 7.92. The van der Waals surface area contributed by atoms with Crippen molar-refractivity contribution in [2.75, 3.05) is 10.5 Å². The lowest BCUT2D eigenvalue weighted by Crippen LogP contribution is -2.17. The monoisotopic (exact) mass is 558 g/mol. The summed E-state index contributed by atoms with van der Waals surface area (Å²) in [6, 6.07) is 8.97. The van der Waals surface area contributed by atoms with E-state index in [2.05, 4.69) is 19.9 Å². The Morgan fingerprint density at radius 1 is 0.921 bits per heavy atom. The van der Waals surface area contributed by atoms with Crippen LogP contribution in [0.4, 0.5) is 29.2 Å². The van der Waals surface area contributed by atoms with E-state index in [0.29, 0.717) is 10.4 Å². The van der Waals surface area contributed by atoms with Crippen molar-refractivity contribution in [1.29, 1.82) is 0 Å². The van der Waals surface area contributed by atoms with Gasteiger partial charge in [0.1, 0.15) is 22.5 Å². The maximum absolute atomic E-state index is 15.8. The van der Waals surface area contributed by atoms with Crippen LogP contribution in [0.15, 0.2) is 72.0 Å². The van der Waals surface area contributed by atoms with Crippen LogP contribution in [0.1, 0.15) is 0 Å². The average Bonchev–Trinajstić information content (AvgIpc) is 3.30. The number of halogens is 4. The van der Waals surface area contributed by atoms with Crippen molar-refractivity contribution in [3.05, 3.63) is 90.4 Å². The molecule has 3 aromatic heterocycles. The molecule has 0 spiro atoms. The third kappa shape index (κ3) is 4.78. The molecular formula is C24H14F4N6O2S2. The molecule has 5 rings (SSSR count). The van der Waals surface area contributed by atoms with E-state index in [-0.39, 0.29) is 27.9 Å². The second-order valence-corrected chi connectivity index (χ2v) is 10.3. The molecule has 0 saturated heterocycles. The Labute approximate surface area is 216 Å². The van der Waals surface area contributed by atoms with Gasteiger partial charge in [-0.15, -0.1) is 11.3 Å². The van der Waals surface area contributed by atoms with Crippen molar-refractivity contribution in [2.24, 2.45) is 0 Å². The molecule has 5 aromatic rings. The lowest BCUT2D eigenvalue weighted by atomic mass is 10.1. The standard InChI is InChI=1S/C24H14F4N6O2S2/c25-13-9-12(10-30-11-13)23-33-20(21(37-23)18-7-8-31-24(29)32-18)14-3-1-6-17(19(14)28)34-38(35,36)22-15(26)4-2-5-16(22)27/h1-11,34H,(H2,29,31,32). The minimum atomic E-state index is -4.85. The van der Waals surface area contributed by atoms with Gasteiger partial charge in [0.25, 0.3) is 10.0 Å². The number of rotatable bonds is 6. The quantitative estimate of drug-likeness (QED) is 0.272. The van der Waals surface area contributed by atoms with E-state index in [4.69, 9.17) is 5.73 Å². The number of anilines is 2. The zero-order valence-electron chi connectivity index (χ0n) is 18.9. The minimum absolute atomic E-state index is 0.0305. The van der Waals surface area contributed by atoms with Gasteiger partial charge >= 0.3 is 0 Å². The lowest BCUT2D eigenvalue weighted by molar-refractivity contribution is 0.521. The largest absolute Gasteiger partial charge is 0.368 e. The smallest absolute Gasteiger partial charge is 0.267 e. The molecule has 14 heteroatoms. The highest BCUT2D eigenvalue weighted by Crippen LogP contribution is 2.42. The number of thiazole rings is 1. The Morgan fingerprint density at radius 2 is 1.66 bits per heavy atom. The highest BCUT2D eigenvalue weighted by atomic mass is 32.2. The number of benzene rings is 2. The van der Waals surface area contributed by atoms with Gasteiger partial charge in [-0.05, 0) is 36.4 Å². The molecule has 0 amide bonds. The fraction of sp³-hybridized carbons (Fsp3) is 0. The highest BCUT2D eigenvalue weighted by Gasteiger charge is 2.27. The van der Waals surface area contributed by atoms with Crippen molar-refractivity contribution >= 4 is 33.0 Å². The minimum Gasteiger partial charge on any atom is -0.368 e. The van der Waals surface area contributed by atoms with Crippen LogP contribution in [-0.4, -0.2) is 28.4 Å². The van der Waals surface area contributed by atoms with Crippen LogP contribution in [0.5, 0.6) is 0 Å². The predicted octanol–water partition coefficient (Wildman–Crippen LogP) is 5.27. The number of pyridine rings is 1. The van der Waals surface area contributed by atoms with E-state index in [9.17, 15) is 21.6 Å². The zero-order valence-corrected chi connectivity index (χ0v) is 20.5. The SMILES string of the molecule is Nc1nccc(-c2sc(-c3cncc(F)c3)nc2-c2cccc(NS(=O)(=O)c3c(F)cccc3F)c2F)n1. The molecular weight excluding hydrogens is 544 g/mol. The Bertz CT molecular complexity index is 1780. The maximum atomic E-state index is 15.8. The molecule has 0 atom stereocenters. The number of sulfonamides is 1. The predicted molar refractivity (Wildman–Crippen MR) is 133 cm³/mol. The number of nitrogens with one attached hydrogen (secondary N) is 1. The number of nitrogen functional groups attached to an aromatic ring is 1. The first-order valence-corrected chi connectivity index (χ1v) is 12.9. The second kappa shape index (κ2) is 9.79. The van der Waals surface area contributed by atoms with E-state index < -0.39 is 43.9 Å². The van der Waals surface area contributed by atoms with Crippen molar-refractivity contribution in [2.45, 2.75) is 4.90 Å². The van der Waals surface area contributed by atoms with Gasteiger partial charge in [-0.2, -0.15) is 0 Å². The summed E-state index contributed by atoms with van der Waals surface area (Å²) in [5, 5.41) is 0.262. The number of hydrogen-bond acceptors (Lipinski definition) is 8. The molecule has 0 saturated carbocycles. The van der Waals surface area contributed by atoms with E-state index in [1.54, 1.807) is 0 Å². The van der Waals surface area contributed by atoms with Crippen LogP contribution in [-0.2, 0) is 10.0 Å². The van der Waals surface area contributed by atoms with Gasteiger partial charge < -0.3 is 5.73 Å². The fourth-order valence-corrected chi connectivity index (χ4v) is 5.79. The number of hydrogen-bond donors (Lipinski definition) is 2. The fourth-order valence-electron chi connectivity index (χ4n) is 3.56. The molecule has 0 aliphatic rings. The van der Waals surface area contributed by atoms with Crippen LogP contribution >= 0.6 is 11.3 Å². The summed E-state index contributed by atoms with van der Waals surface area (Å²) in [4.78, 5) is 15.3. The topological polar surface area (TPSA) is 124 Å². The molecule has 2 aromatic carbocycles. The third-order valence-corrected chi connectivity index (χ3v) is 7.71. The molecule has 192 valence electrons. The van der Waals surface area contributed by atoms with Crippen molar-refractivity contribution in [3.8, 4) is 32.4 Å². The first-order valence-electron chi connectivity index (χ1n) is 10.6. The average molecular weight is 559 g/mol. The first kappa shape index (κ1) is 25.2. The van der Waals surface area contributed by atoms with E-state index in [1.165, 1.54) is 36.7 Å². The summed E-state index contributed by atoms with van der Waals surface area (Å²) in [7, 11) is -4.85. The Morgan fingerprint density at radius 3 is 2.37 bits per heavy atom. The van der Waals surface area contributed by atoms with E-state index in [0.717, 1.165) is 41.8 Å². The van der Waals surface area contributed by atoms with Crippen molar-refractivity contribution in [3.63, 3.8) is 0 Å². The summed E-state index contributed by atoms with van der Waals surface area (Å²) in [6.45, 7) is 0. The van der Waals surface area contributed by atoms with E-state index in [1.807, 2.05) is 4.72 Å². The molecule has 0 fully saturated rings. The van der Waals surface area contributed by atoms with Gasteiger partial charge in [0.2, 0.25) is 5.95 Å². The molecule has 0 aliphatic heterocycles. The first-order chi connectivity index (χ1) is 18.1. The molecule has 0 aliphatic carbocycles.